The number of non-ortho nitro benzene ring substituents is 1. The summed E-state index contributed by atoms with van der Waals surface area (Å²) in [6, 6.07) is 4.77. The number of methoxy groups -OCH3 is 1. The van der Waals surface area contributed by atoms with Gasteiger partial charge in [0, 0.05) is 6.07 Å². The van der Waals surface area contributed by atoms with Gasteiger partial charge in [0.1, 0.15) is 5.75 Å². The van der Waals surface area contributed by atoms with Crippen LogP contribution in [0.4, 0.5) is 5.69 Å². The molecule has 0 aromatic heterocycles. The minimum absolute atomic E-state index is 0.0678. The minimum Gasteiger partial charge on any atom is -0.496 e. The van der Waals surface area contributed by atoms with Gasteiger partial charge in [0.15, 0.2) is 0 Å². The molecule has 0 aliphatic rings. The molecule has 0 N–H and O–H groups in total. The summed E-state index contributed by atoms with van der Waals surface area (Å²) in [7, 11) is 5.58. The van der Waals surface area contributed by atoms with E-state index in [1.54, 1.807) is 6.07 Å². The normalized spacial score (nSPS) is 10.6. The van der Waals surface area contributed by atoms with Crippen LogP contribution in [0.15, 0.2) is 18.2 Å². The van der Waals surface area contributed by atoms with Gasteiger partial charge in [-0.05, 0) is 45.1 Å². The highest BCUT2D eigenvalue weighted by Gasteiger charge is 2.10. The van der Waals surface area contributed by atoms with Crippen LogP contribution in [0.2, 0.25) is 0 Å². The summed E-state index contributed by atoms with van der Waals surface area (Å²) >= 11 is 0. The average molecular weight is 238 g/mol. The van der Waals surface area contributed by atoms with Crippen LogP contribution in [0.1, 0.15) is 12.0 Å². The van der Waals surface area contributed by atoms with Crippen LogP contribution in [0, 0.1) is 10.1 Å². The van der Waals surface area contributed by atoms with Gasteiger partial charge in [0.25, 0.3) is 5.69 Å². The fraction of sp³-hybridized carbons (Fsp3) is 0.500. The van der Waals surface area contributed by atoms with Crippen LogP contribution >= 0.6 is 0 Å². The molecule has 0 fully saturated rings. The summed E-state index contributed by atoms with van der Waals surface area (Å²) in [5.41, 5.74) is 1.08. The van der Waals surface area contributed by atoms with E-state index in [1.165, 1.54) is 19.2 Å². The third-order valence-corrected chi connectivity index (χ3v) is 2.53. The van der Waals surface area contributed by atoms with Crippen LogP contribution in [0.3, 0.4) is 0 Å². The van der Waals surface area contributed by atoms with E-state index < -0.39 is 4.92 Å². The smallest absolute Gasteiger partial charge is 0.273 e. The second-order valence-electron chi connectivity index (χ2n) is 4.16. The van der Waals surface area contributed by atoms with Gasteiger partial charge in [-0.1, -0.05) is 0 Å². The Kier molecular flexibility index (Phi) is 4.90. The number of hydrogen-bond acceptors (Lipinski definition) is 4. The van der Waals surface area contributed by atoms with Crippen molar-refractivity contribution in [1.29, 1.82) is 0 Å². The minimum atomic E-state index is -0.411. The Bertz CT molecular complexity index is 391. The van der Waals surface area contributed by atoms with E-state index in [2.05, 4.69) is 4.90 Å². The molecule has 1 aromatic carbocycles. The van der Waals surface area contributed by atoms with Gasteiger partial charge in [-0.2, -0.15) is 0 Å². The van der Waals surface area contributed by atoms with E-state index in [9.17, 15) is 10.1 Å². The van der Waals surface area contributed by atoms with Gasteiger partial charge in [0.2, 0.25) is 0 Å². The largest absolute Gasteiger partial charge is 0.496 e. The number of rotatable bonds is 6. The average Bonchev–Trinajstić information content (AvgIpc) is 2.28. The van der Waals surface area contributed by atoms with E-state index in [1.807, 2.05) is 14.1 Å². The maximum atomic E-state index is 10.6. The standard InChI is InChI=1S/C12H18N2O3/c1-13(2)8-4-5-10-6-7-11(14(15)16)9-12(10)17-3/h6-7,9H,4-5,8H2,1-3H3. The highest BCUT2D eigenvalue weighted by atomic mass is 16.6. The molecule has 0 aliphatic heterocycles. The zero-order valence-corrected chi connectivity index (χ0v) is 10.5. The van der Waals surface area contributed by atoms with Gasteiger partial charge < -0.3 is 9.64 Å². The van der Waals surface area contributed by atoms with Crippen molar-refractivity contribution in [1.82, 2.24) is 4.90 Å². The molecule has 94 valence electrons. The van der Waals surface area contributed by atoms with Crippen molar-refractivity contribution in [2.24, 2.45) is 0 Å². The molecule has 0 saturated heterocycles. The van der Waals surface area contributed by atoms with Gasteiger partial charge in [-0.25, -0.2) is 0 Å². The summed E-state index contributed by atoms with van der Waals surface area (Å²) in [5.74, 6) is 0.595. The lowest BCUT2D eigenvalue weighted by Gasteiger charge is -2.11. The van der Waals surface area contributed by atoms with Crippen molar-refractivity contribution in [3.05, 3.63) is 33.9 Å². The molecule has 5 nitrogen and oxygen atoms in total. The van der Waals surface area contributed by atoms with Gasteiger partial charge in [-0.3, -0.25) is 10.1 Å². The molecular formula is C12H18N2O3. The quantitative estimate of drug-likeness (QED) is 0.562. The number of nitro groups is 1. The lowest BCUT2D eigenvalue weighted by Crippen LogP contribution is -2.13. The summed E-state index contributed by atoms with van der Waals surface area (Å²) < 4.78 is 5.18. The SMILES string of the molecule is COc1cc([N+](=O)[O-])ccc1CCCN(C)C. The van der Waals surface area contributed by atoms with E-state index in [0.717, 1.165) is 24.9 Å². The zero-order chi connectivity index (χ0) is 12.8. The Morgan fingerprint density at radius 2 is 2.12 bits per heavy atom. The first-order chi connectivity index (χ1) is 8.04. The fourth-order valence-corrected chi connectivity index (χ4v) is 1.64. The van der Waals surface area contributed by atoms with Crippen LogP contribution in [-0.4, -0.2) is 37.6 Å². The van der Waals surface area contributed by atoms with Crippen LogP contribution < -0.4 is 4.74 Å². The molecule has 0 amide bonds. The molecule has 1 aromatic rings. The molecule has 5 heteroatoms. The van der Waals surface area contributed by atoms with E-state index in [4.69, 9.17) is 4.74 Å². The van der Waals surface area contributed by atoms with Gasteiger partial charge >= 0.3 is 0 Å². The van der Waals surface area contributed by atoms with Gasteiger partial charge in [-0.15, -0.1) is 0 Å². The maximum Gasteiger partial charge on any atom is 0.273 e. The second kappa shape index (κ2) is 6.20. The van der Waals surface area contributed by atoms with Crippen molar-refractivity contribution in [3.8, 4) is 5.75 Å². The van der Waals surface area contributed by atoms with Crippen molar-refractivity contribution in [2.75, 3.05) is 27.7 Å². The third kappa shape index (κ3) is 4.03. The zero-order valence-electron chi connectivity index (χ0n) is 10.5. The van der Waals surface area contributed by atoms with Gasteiger partial charge in [0.05, 0.1) is 18.1 Å². The summed E-state index contributed by atoms with van der Waals surface area (Å²) in [6.45, 7) is 0.986. The van der Waals surface area contributed by atoms with E-state index in [-0.39, 0.29) is 5.69 Å². The Balaban J connectivity index is 2.75. The molecule has 0 radical (unpaired) electrons. The second-order valence-corrected chi connectivity index (χ2v) is 4.16. The summed E-state index contributed by atoms with van der Waals surface area (Å²) in [4.78, 5) is 12.3. The first kappa shape index (κ1) is 13.4. The van der Waals surface area contributed by atoms with Crippen molar-refractivity contribution in [2.45, 2.75) is 12.8 Å². The summed E-state index contributed by atoms with van der Waals surface area (Å²) in [5, 5.41) is 10.6. The number of hydrogen-bond donors (Lipinski definition) is 0. The molecule has 0 bridgehead atoms. The monoisotopic (exact) mass is 238 g/mol. The predicted molar refractivity (Wildman–Crippen MR) is 66.5 cm³/mol. The van der Waals surface area contributed by atoms with E-state index >= 15 is 0 Å². The Morgan fingerprint density at radius 3 is 2.65 bits per heavy atom. The lowest BCUT2D eigenvalue weighted by molar-refractivity contribution is -0.384. The Morgan fingerprint density at radius 1 is 1.41 bits per heavy atom. The number of aryl methyl sites for hydroxylation is 1. The van der Waals surface area contributed by atoms with Crippen LogP contribution in [0.5, 0.6) is 5.75 Å². The number of benzene rings is 1. The molecule has 0 unspecified atom stereocenters. The van der Waals surface area contributed by atoms with Crippen molar-refractivity contribution < 1.29 is 9.66 Å². The molecule has 0 aliphatic carbocycles. The molecule has 0 heterocycles. The first-order valence-electron chi connectivity index (χ1n) is 5.50. The van der Waals surface area contributed by atoms with Crippen LogP contribution in [-0.2, 0) is 6.42 Å². The molecule has 17 heavy (non-hydrogen) atoms. The first-order valence-corrected chi connectivity index (χ1v) is 5.50. The molecule has 0 spiro atoms. The molecular weight excluding hydrogens is 220 g/mol. The summed E-state index contributed by atoms with van der Waals surface area (Å²) in [6.07, 6.45) is 1.86. The highest BCUT2D eigenvalue weighted by molar-refractivity contribution is 5.44. The molecule has 0 atom stereocenters. The third-order valence-electron chi connectivity index (χ3n) is 2.53. The predicted octanol–water partition coefficient (Wildman–Crippen LogP) is 2.10. The number of nitro benzene ring substituents is 1. The Hall–Kier alpha value is -1.62. The lowest BCUT2D eigenvalue weighted by atomic mass is 10.1. The van der Waals surface area contributed by atoms with Crippen LogP contribution in [0.25, 0.3) is 0 Å². The van der Waals surface area contributed by atoms with E-state index in [0.29, 0.717) is 5.75 Å². The molecule has 1 rings (SSSR count). The molecule has 0 saturated carbocycles. The maximum absolute atomic E-state index is 10.6. The number of ether oxygens (including phenoxy) is 1. The van der Waals surface area contributed by atoms with Crippen molar-refractivity contribution >= 4 is 5.69 Å². The van der Waals surface area contributed by atoms with Crippen molar-refractivity contribution in [3.63, 3.8) is 0 Å². The fourth-order valence-electron chi connectivity index (χ4n) is 1.64. The highest BCUT2D eigenvalue weighted by Crippen LogP contribution is 2.25. The Labute approximate surface area is 101 Å². The topological polar surface area (TPSA) is 55.6 Å². The number of nitrogens with zero attached hydrogens (tertiary/aromatic N) is 2.